The number of sulfonamides is 1. The fourth-order valence-corrected chi connectivity index (χ4v) is 3.69. The summed E-state index contributed by atoms with van der Waals surface area (Å²) in [6, 6.07) is 8.44. The van der Waals surface area contributed by atoms with Crippen molar-refractivity contribution >= 4 is 15.9 Å². The average molecular weight is 281 g/mol. The Morgan fingerprint density at radius 2 is 1.79 bits per heavy atom. The van der Waals surface area contributed by atoms with Gasteiger partial charge in [-0.05, 0) is 25.0 Å². The van der Waals surface area contributed by atoms with Crippen molar-refractivity contribution in [3.05, 3.63) is 30.3 Å². The summed E-state index contributed by atoms with van der Waals surface area (Å²) in [4.78, 5) is 0.321. The van der Waals surface area contributed by atoms with Gasteiger partial charge >= 0.3 is 0 Å². The Hall–Kier alpha value is -1.40. The van der Waals surface area contributed by atoms with E-state index in [9.17, 15) is 8.42 Å². The average Bonchev–Trinajstić information content (AvgIpc) is 2.40. The van der Waals surface area contributed by atoms with Crippen molar-refractivity contribution < 1.29 is 8.42 Å². The molecule has 1 saturated heterocycles. The van der Waals surface area contributed by atoms with Crippen LogP contribution >= 0.6 is 0 Å². The number of hydrogen-bond acceptors (Lipinski definition) is 3. The van der Waals surface area contributed by atoms with Crippen LogP contribution in [0.4, 0.5) is 0 Å². The van der Waals surface area contributed by atoms with Gasteiger partial charge in [0, 0.05) is 18.5 Å². The van der Waals surface area contributed by atoms with Gasteiger partial charge in [0.2, 0.25) is 10.0 Å². The van der Waals surface area contributed by atoms with Crippen molar-refractivity contribution in [1.82, 2.24) is 4.31 Å². The van der Waals surface area contributed by atoms with Gasteiger partial charge in [0.05, 0.1) is 10.7 Å². The van der Waals surface area contributed by atoms with Crippen molar-refractivity contribution in [1.29, 1.82) is 5.41 Å². The lowest BCUT2D eigenvalue weighted by molar-refractivity contribution is 0.240. The lowest BCUT2D eigenvalue weighted by atomic mass is 9.80. The van der Waals surface area contributed by atoms with Gasteiger partial charge in [-0.3, -0.25) is 5.41 Å². The Balaban J connectivity index is 2.16. The van der Waals surface area contributed by atoms with Crippen LogP contribution in [0.1, 0.15) is 19.8 Å². The molecule has 0 saturated carbocycles. The third-order valence-corrected chi connectivity index (χ3v) is 5.77. The van der Waals surface area contributed by atoms with Crippen LogP contribution in [-0.4, -0.2) is 31.6 Å². The van der Waals surface area contributed by atoms with E-state index < -0.39 is 10.0 Å². The van der Waals surface area contributed by atoms with Crippen molar-refractivity contribution in [2.45, 2.75) is 24.7 Å². The second kappa shape index (κ2) is 4.94. The normalized spacial score (nSPS) is 20.1. The molecule has 0 aromatic heterocycles. The van der Waals surface area contributed by atoms with Crippen molar-refractivity contribution in [3.8, 4) is 0 Å². The second-order valence-corrected chi connectivity index (χ2v) is 7.13. The molecule has 0 bridgehead atoms. The molecule has 1 aromatic carbocycles. The van der Waals surface area contributed by atoms with Gasteiger partial charge < -0.3 is 5.73 Å². The molecule has 1 aliphatic heterocycles. The summed E-state index contributed by atoms with van der Waals surface area (Å²) in [7, 11) is -3.42. The topological polar surface area (TPSA) is 87.2 Å². The molecule has 0 atom stereocenters. The SMILES string of the molecule is CC1(C(=N)N)CCN(S(=O)(=O)c2ccccc2)CC1. The van der Waals surface area contributed by atoms with Gasteiger partial charge in [-0.1, -0.05) is 25.1 Å². The zero-order chi connectivity index (χ0) is 14.1. The third kappa shape index (κ3) is 2.64. The summed E-state index contributed by atoms with van der Waals surface area (Å²) in [6.45, 7) is 2.74. The summed E-state index contributed by atoms with van der Waals surface area (Å²) in [6.07, 6.45) is 1.18. The number of rotatable bonds is 3. The molecular formula is C13H19N3O2S. The molecule has 1 aromatic rings. The molecular weight excluding hydrogens is 262 g/mol. The predicted molar refractivity (Wildman–Crippen MR) is 74.5 cm³/mol. The highest BCUT2D eigenvalue weighted by Gasteiger charge is 2.37. The smallest absolute Gasteiger partial charge is 0.243 e. The molecule has 19 heavy (non-hydrogen) atoms. The fraction of sp³-hybridized carbons (Fsp3) is 0.462. The van der Waals surface area contributed by atoms with Crippen LogP contribution < -0.4 is 5.73 Å². The maximum atomic E-state index is 12.4. The van der Waals surface area contributed by atoms with E-state index in [-0.39, 0.29) is 11.3 Å². The number of piperidine rings is 1. The highest BCUT2D eigenvalue weighted by Crippen LogP contribution is 2.32. The van der Waals surface area contributed by atoms with E-state index in [0.717, 1.165) is 0 Å². The summed E-state index contributed by atoms with van der Waals surface area (Å²) in [5.41, 5.74) is 5.21. The first-order valence-electron chi connectivity index (χ1n) is 6.26. The van der Waals surface area contributed by atoms with Gasteiger partial charge in [0.15, 0.2) is 0 Å². The van der Waals surface area contributed by atoms with Crippen LogP contribution in [0.5, 0.6) is 0 Å². The molecule has 1 aliphatic rings. The Kier molecular flexibility index (Phi) is 3.64. The molecule has 104 valence electrons. The molecule has 0 aliphatic carbocycles. The lowest BCUT2D eigenvalue weighted by Gasteiger charge is -2.37. The Morgan fingerprint density at radius 1 is 1.26 bits per heavy atom. The summed E-state index contributed by atoms with van der Waals surface area (Å²) < 4.78 is 26.3. The van der Waals surface area contributed by atoms with Gasteiger partial charge in [0.25, 0.3) is 0 Å². The number of hydrogen-bond donors (Lipinski definition) is 2. The minimum absolute atomic E-state index is 0.143. The number of nitrogens with two attached hydrogens (primary N) is 1. The van der Waals surface area contributed by atoms with E-state index in [4.69, 9.17) is 11.1 Å². The summed E-state index contributed by atoms with van der Waals surface area (Å²) in [5.74, 6) is 0.143. The van der Waals surface area contributed by atoms with E-state index in [1.807, 2.05) is 6.92 Å². The molecule has 0 unspecified atom stereocenters. The van der Waals surface area contributed by atoms with Crippen LogP contribution in [0, 0.1) is 10.8 Å². The van der Waals surface area contributed by atoms with Crippen LogP contribution in [0.15, 0.2) is 35.2 Å². The highest BCUT2D eigenvalue weighted by atomic mass is 32.2. The largest absolute Gasteiger partial charge is 0.387 e. The second-order valence-electron chi connectivity index (χ2n) is 5.19. The van der Waals surface area contributed by atoms with Gasteiger partial charge in [-0.2, -0.15) is 4.31 Å². The van der Waals surface area contributed by atoms with Crippen molar-refractivity contribution in [3.63, 3.8) is 0 Å². The molecule has 6 heteroatoms. The zero-order valence-corrected chi connectivity index (χ0v) is 11.8. The molecule has 0 spiro atoms. The standard InChI is InChI=1S/C13H19N3O2S/c1-13(12(14)15)7-9-16(10-8-13)19(17,18)11-5-3-2-4-6-11/h2-6H,7-10H2,1H3,(H3,14,15). The van der Waals surface area contributed by atoms with Gasteiger partial charge in [-0.15, -0.1) is 0 Å². The number of benzene rings is 1. The zero-order valence-electron chi connectivity index (χ0n) is 11.0. The first kappa shape index (κ1) is 14.0. The predicted octanol–water partition coefficient (Wildman–Crippen LogP) is 1.41. The quantitative estimate of drug-likeness (QED) is 0.648. The third-order valence-electron chi connectivity index (χ3n) is 3.86. The Bertz CT molecular complexity index is 561. The molecule has 2 rings (SSSR count). The van der Waals surface area contributed by atoms with Crippen LogP contribution in [0.3, 0.4) is 0 Å². The van der Waals surface area contributed by atoms with Crippen LogP contribution in [0.25, 0.3) is 0 Å². The van der Waals surface area contributed by atoms with Crippen LogP contribution in [0.2, 0.25) is 0 Å². The first-order chi connectivity index (χ1) is 8.86. The van der Waals surface area contributed by atoms with Gasteiger partial charge in [-0.25, -0.2) is 8.42 Å². The number of nitrogens with zero attached hydrogens (tertiary/aromatic N) is 1. The van der Waals surface area contributed by atoms with E-state index in [1.54, 1.807) is 30.3 Å². The van der Waals surface area contributed by atoms with E-state index in [2.05, 4.69) is 0 Å². The fourth-order valence-electron chi connectivity index (χ4n) is 2.23. The van der Waals surface area contributed by atoms with Crippen LogP contribution in [-0.2, 0) is 10.0 Å². The molecule has 0 amide bonds. The van der Waals surface area contributed by atoms with Gasteiger partial charge in [0.1, 0.15) is 0 Å². The number of amidine groups is 1. The van der Waals surface area contributed by atoms with E-state index in [1.165, 1.54) is 4.31 Å². The summed E-state index contributed by atoms with van der Waals surface area (Å²) >= 11 is 0. The summed E-state index contributed by atoms with van der Waals surface area (Å²) in [5, 5.41) is 7.58. The molecule has 1 fully saturated rings. The maximum Gasteiger partial charge on any atom is 0.243 e. The molecule has 3 N–H and O–H groups in total. The number of nitrogens with one attached hydrogen (secondary N) is 1. The molecule has 1 heterocycles. The minimum atomic E-state index is -3.42. The van der Waals surface area contributed by atoms with E-state index >= 15 is 0 Å². The molecule has 0 radical (unpaired) electrons. The first-order valence-corrected chi connectivity index (χ1v) is 7.70. The molecule has 5 nitrogen and oxygen atoms in total. The lowest BCUT2D eigenvalue weighted by Crippen LogP contribution is -2.47. The van der Waals surface area contributed by atoms with E-state index in [0.29, 0.717) is 30.8 Å². The Labute approximate surface area is 114 Å². The highest BCUT2D eigenvalue weighted by molar-refractivity contribution is 7.89. The Morgan fingerprint density at radius 3 is 2.26 bits per heavy atom. The van der Waals surface area contributed by atoms with Crippen molar-refractivity contribution in [2.75, 3.05) is 13.1 Å². The minimum Gasteiger partial charge on any atom is -0.387 e. The monoisotopic (exact) mass is 281 g/mol. The van der Waals surface area contributed by atoms with Crippen molar-refractivity contribution in [2.24, 2.45) is 11.1 Å². The maximum absolute atomic E-state index is 12.4.